The van der Waals surface area contributed by atoms with Gasteiger partial charge in [-0.1, -0.05) is 32.9 Å². The predicted molar refractivity (Wildman–Crippen MR) is 203 cm³/mol. The van der Waals surface area contributed by atoms with Crippen molar-refractivity contribution in [1.82, 2.24) is 4.90 Å². The van der Waals surface area contributed by atoms with Crippen LogP contribution in [0, 0.1) is 40.9 Å². The molecule has 0 aromatic heterocycles. The van der Waals surface area contributed by atoms with Crippen LogP contribution < -0.4 is 0 Å². The van der Waals surface area contributed by atoms with Gasteiger partial charge in [0.15, 0.2) is 12.6 Å². The summed E-state index contributed by atoms with van der Waals surface area (Å²) in [5.41, 5.74) is -4.86. The van der Waals surface area contributed by atoms with Gasteiger partial charge in [0.1, 0.15) is 23.9 Å². The summed E-state index contributed by atoms with van der Waals surface area (Å²) in [5, 5.41) is 61.8. The van der Waals surface area contributed by atoms with Crippen LogP contribution >= 0.6 is 0 Å². The lowest BCUT2D eigenvalue weighted by atomic mass is 9.72. The summed E-state index contributed by atoms with van der Waals surface area (Å²) in [4.78, 5) is 28.6. The van der Waals surface area contributed by atoms with E-state index >= 15 is 0 Å². The molecule has 19 atom stereocenters. The molecule has 3 fully saturated rings. The van der Waals surface area contributed by atoms with Gasteiger partial charge in [-0.3, -0.25) is 9.69 Å². The van der Waals surface area contributed by atoms with Gasteiger partial charge in [0.25, 0.3) is 0 Å². The molecule has 0 aromatic carbocycles. The van der Waals surface area contributed by atoms with Crippen molar-refractivity contribution in [2.75, 3.05) is 20.7 Å². The molecule has 3 rings (SSSR count). The Balaban J connectivity index is 2.20. The summed E-state index contributed by atoms with van der Waals surface area (Å²) < 4.78 is 37.4. The van der Waals surface area contributed by atoms with Gasteiger partial charge >= 0.3 is 5.97 Å². The SMILES string of the molecule is C#CCCN(C)[C@H]1C[C@@H](C)OC(O[C@@H]2[C@@H](C)C(O[C@H]3C[C@@](C)(OC)[C@@H](O)[C@H](C)O3)[C@@H](C)C(=O)O[C@H](CC)[C@@](C)(O)[C@H](O)[C@@H](C)C(N=O)[C@H](C)C[C@@]2(C)O)[C@@H]1O. The third kappa shape index (κ3) is 10.6. The Kier molecular flexibility index (Phi) is 16.7. The van der Waals surface area contributed by atoms with Gasteiger partial charge in [-0.2, -0.15) is 4.91 Å². The minimum Gasteiger partial charge on any atom is -0.459 e. The van der Waals surface area contributed by atoms with Crippen molar-refractivity contribution in [3.8, 4) is 12.3 Å². The first-order chi connectivity index (χ1) is 25.5. The van der Waals surface area contributed by atoms with Crippen molar-refractivity contribution in [3.05, 3.63) is 4.91 Å². The first kappa shape index (κ1) is 47.6. The monoisotopic (exact) mass is 786 g/mol. The maximum Gasteiger partial charge on any atom is 0.311 e. The van der Waals surface area contributed by atoms with Crippen LogP contribution in [0.4, 0.5) is 0 Å². The van der Waals surface area contributed by atoms with Crippen LogP contribution in [0.15, 0.2) is 5.18 Å². The molecule has 0 aliphatic carbocycles. The zero-order chi connectivity index (χ0) is 41.8. The number of nitroso groups, excluding NO2 is 1. The Hall–Kier alpha value is -1.81. The quantitative estimate of drug-likeness (QED) is 0.123. The molecule has 0 radical (unpaired) electrons. The number of methoxy groups -OCH3 is 1. The van der Waals surface area contributed by atoms with Crippen LogP contribution in [0.5, 0.6) is 0 Å². The van der Waals surface area contributed by atoms with Gasteiger partial charge in [-0.25, -0.2) is 0 Å². The summed E-state index contributed by atoms with van der Waals surface area (Å²) in [7, 11) is 3.34. The predicted octanol–water partition coefficient (Wildman–Crippen LogP) is 2.75. The van der Waals surface area contributed by atoms with Crippen molar-refractivity contribution in [1.29, 1.82) is 0 Å². The third-order valence-electron chi connectivity index (χ3n) is 12.7. The van der Waals surface area contributed by atoms with Crippen molar-refractivity contribution in [2.45, 2.75) is 192 Å². The Bertz CT molecular complexity index is 1300. The lowest BCUT2D eigenvalue weighted by Gasteiger charge is -2.49. The van der Waals surface area contributed by atoms with Crippen LogP contribution in [-0.2, 0) is 33.2 Å². The second-order valence-corrected chi connectivity index (χ2v) is 17.3. The molecule has 3 saturated heterocycles. The van der Waals surface area contributed by atoms with Crippen LogP contribution in [0.3, 0.4) is 0 Å². The van der Waals surface area contributed by atoms with Crippen molar-refractivity contribution < 1.29 is 58.7 Å². The van der Waals surface area contributed by atoms with E-state index < -0.39 is 114 Å². The average molecular weight is 787 g/mol. The molecule has 0 saturated carbocycles. The number of esters is 1. The second-order valence-electron chi connectivity index (χ2n) is 17.3. The smallest absolute Gasteiger partial charge is 0.311 e. The van der Waals surface area contributed by atoms with E-state index in [-0.39, 0.29) is 25.4 Å². The van der Waals surface area contributed by atoms with E-state index in [1.807, 2.05) is 18.9 Å². The highest BCUT2D eigenvalue weighted by molar-refractivity contribution is 5.73. The van der Waals surface area contributed by atoms with Crippen LogP contribution in [0.25, 0.3) is 0 Å². The van der Waals surface area contributed by atoms with E-state index in [4.69, 9.17) is 34.8 Å². The summed E-state index contributed by atoms with van der Waals surface area (Å²) in [6.07, 6.45) is -3.96. The molecule has 0 bridgehead atoms. The van der Waals surface area contributed by atoms with Crippen molar-refractivity contribution >= 4 is 5.97 Å². The highest BCUT2D eigenvalue weighted by Gasteiger charge is 2.54. The Labute approximate surface area is 327 Å². The molecule has 5 N–H and O–H groups in total. The van der Waals surface area contributed by atoms with E-state index in [0.717, 1.165) is 0 Å². The van der Waals surface area contributed by atoms with E-state index in [2.05, 4.69) is 11.1 Å². The summed E-state index contributed by atoms with van der Waals surface area (Å²) >= 11 is 0. The molecule has 15 nitrogen and oxygen atoms in total. The van der Waals surface area contributed by atoms with E-state index in [1.165, 1.54) is 21.0 Å². The third-order valence-corrected chi connectivity index (χ3v) is 12.7. The number of rotatable bonds is 10. The number of ether oxygens (including phenoxy) is 6. The van der Waals surface area contributed by atoms with E-state index in [9.17, 15) is 35.2 Å². The molecule has 3 unspecified atom stereocenters. The van der Waals surface area contributed by atoms with Gasteiger partial charge in [0, 0.05) is 44.4 Å². The normalized spacial score (nSPS) is 48.1. The number of nitrogens with zero attached hydrogens (tertiary/aromatic N) is 2. The zero-order valence-corrected chi connectivity index (χ0v) is 35.0. The topological polar surface area (TPSA) is 206 Å². The fraction of sp³-hybridized carbons (Fsp3) is 0.925. The fourth-order valence-electron chi connectivity index (χ4n) is 9.12. The second kappa shape index (κ2) is 19.3. The van der Waals surface area contributed by atoms with Crippen molar-refractivity contribution in [3.63, 3.8) is 0 Å². The highest BCUT2D eigenvalue weighted by Crippen LogP contribution is 2.41. The molecule has 3 heterocycles. The Morgan fingerprint density at radius 1 is 0.982 bits per heavy atom. The maximum atomic E-state index is 14.2. The minimum absolute atomic E-state index is 0.0790. The molecule has 3 aliphatic rings. The number of terminal acetylenes is 1. The highest BCUT2D eigenvalue weighted by atomic mass is 16.7. The van der Waals surface area contributed by atoms with Gasteiger partial charge in [0.2, 0.25) is 0 Å². The first-order valence-electron chi connectivity index (χ1n) is 19.8. The lowest BCUT2D eigenvalue weighted by Crippen LogP contribution is -2.61. The lowest BCUT2D eigenvalue weighted by molar-refractivity contribution is -0.318. The van der Waals surface area contributed by atoms with Crippen molar-refractivity contribution in [2.24, 2.45) is 28.8 Å². The van der Waals surface area contributed by atoms with Gasteiger partial charge in [-0.05, 0) is 73.8 Å². The number of carbonyl (C=O) groups excluding carboxylic acids is 1. The van der Waals surface area contributed by atoms with Gasteiger partial charge in [-0.15, -0.1) is 12.3 Å². The number of likely N-dealkylation sites (N-methyl/N-ethyl adjacent to an activating group) is 1. The molecular weight excluding hydrogens is 716 g/mol. The maximum absolute atomic E-state index is 14.2. The molecule has 0 aromatic rings. The number of aliphatic hydroxyl groups is 5. The summed E-state index contributed by atoms with van der Waals surface area (Å²) in [6.45, 7) is 17.0. The number of aliphatic hydroxyl groups excluding tert-OH is 3. The molecule has 3 aliphatic heterocycles. The fourth-order valence-corrected chi connectivity index (χ4v) is 9.12. The standard InChI is InChI=1S/C40H70N2O13/c1-14-16-17-42(12)27-18-22(4)51-37(31(27)43)55-35-24(6)32(54-29-20-39(10,50-13)34(45)26(8)52-29)25(7)36(46)53-28(15-2)40(11,48)33(44)23(5)30(41-49)21(3)19-38(35,9)47/h1,21-35,37,43-45,47-48H,15-20H2,2-13H3/t21-,22-,23+,24+,25-,26+,27+,28-,29+,30?,31-,32?,33-,34+,35-,37?,38-,39-,40-/m1/s1. The molecule has 15 heteroatoms. The largest absolute Gasteiger partial charge is 0.459 e. The first-order valence-corrected chi connectivity index (χ1v) is 19.8. The Morgan fingerprint density at radius 3 is 2.18 bits per heavy atom. The van der Waals surface area contributed by atoms with E-state index in [1.54, 1.807) is 48.5 Å². The van der Waals surface area contributed by atoms with Gasteiger partial charge < -0.3 is 54.0 Å². The number of hydrogen-bond acceptors (Lipinski definition) is 15. The molecule has 0 spiro atoms. The van der Waals surface area contributed by atoms with Crippen LogP contribution in [0.2, 0.25) is 0 Å². The van der Waals surface area contributed by atoms with Crippen LogP contribution in [-0.4, -0.2) is 147 Å². The number of carbonyl (C=O) groups is 1. The van der Waals surface area contributed by atoms with E-state index in [0.29, 0.717) is 19.4 Å². The molecule has 0 amide bonds. The Morgan fingerprint density at radius 2 is 1.62 bits per heavy atom. The zero-order valence-electron chi connectivity index (χ0n) is 35.0. The molecule has 55 heavy (non-hydrogen) atoms. The number of hydrogen-bond donors (Lipinski definition) is 5. The average Bonchev–Trinajstić information content (AvgIpc) is 3.12. The molecular formula is C40H70N2O13. The minimum atomic E-state index is -1.99. The molecule has 318 valence electrons. The number of cyclic esters (lactones) is 1. The summed E-state index contributed by atoms with van der Waals surface area (Å²) in [5.74, 6) is -1.68. The van der Waals surface area contributed by atoms with Crippen LogP contribution in [0.1, 0.15) is 101 Å². The summed E-state index contributed by atoms with van der Waals surface area (Å²) in [6, 6.07) is -1.49. The van der Waals surface area contributed by atoms with Gasteiger partial charge in [0.05, 0.1) is 53.7 Å².